The van der Waals surface area contributed by atoms with E-state index >= 15 is 0 Å². The normalized spacial score (nSPS) is 22.2. The summed E-state index contributed by atoms with van der Waals surface area (Å²) in [6, 6.07) is 10.2. The van der Waals surface area contributed by atoms with Crippen molar-refractivity contribution in [1.29, 1.82) is 0 Å². The number of benzene rings is 1. The predicted octanol–water partition coefficient (Wildman–Crippen LogP) is 4.03. The maximum Gasteiger partial charge on any atom is 0.0437 e. The van der Waals surface area contributed by atoms with E-state index in [1.807, 2.05) is 18.2 Å². The summed E-state index contributed by atoms with van der Waals surface area (Å²) in [6.45, 7) is 4.61. The van der Waals surface area contributed by atoms with Crippen LogP contribution in [0.1, 0.15) is 32.3 Å². The highest BCUT2D eigenvalue weighted by molar-refractivity contribution is 5.35. The van der Waals surface area contributed by atoms with Crippen molar-refractivity contribution in [3.05, 3.63) is 48.0 Å². The third-order valence-electron chi connectivity index (χ3n) is 3.27. The Morgan fingerprint density at radius 2 is 1.94 bits per heavy atom. The Bertz CT molecular complexity index is 426. The summed E-state index contributed by atoms with van der Waals surface area (Å²) < 4.78 is 0. The number of hydrogen-bond donors (Lipinski definition) is 0. The van der Waals surface area contributed by atoms with Crippen molar-refractivity contribution in [2.45, 2.75) is 26.7 Å². The van der Waals surface area contributed by atoms with Crippen LogP contribution in [-0.2, 0) is 0 Å². The molecule has 0 heterocycles. The fraction of sp³-hybridized carbons (Fsp3) is 0.375. The maximum atomic E-state index is 3.39. The van der Waals surface area contributed by atoms with Gasteiger partial charge in [-0.15, -0.1) is 0 Å². The largest absolute Gasteiger partial charge is 0.0898 e. The first-order valence-electron chi connectivity index (χ1n) is 5.92. The van der Waals surface area contributed by atoms with Gasteiger partial charge in [-0.25, -0.2) is 0 Å². The molecule has 1 atom stereocenters. The second-order valence-electron chi connectivity index (χ2n) is 5.07. The number of allylic oxidation sites excluding steroid dienone is 2. The summed E-state index contributed by atoms with van der Waals surface area (Å²) >= 11 is 0. The van der Waals surface area contributed by atoms with Gasteiger partial charge in [-0.2, -0.15) is 0 Å². The van der Waals surface area contributed by atoms with Crippen LogP contribution >= 0.6 is 0 Å². The van der Waals surface area contributed by atoms with Gasteiger partial charge in [-0.05, 0) is 30.4 Å². The fourth-order valence-electron chi connectivity index (χ4n) is 2.03. The smallest absolute Gasteiger partial charge is 0.0437 e. The molecular weight excluding hydrogens is 192 g/mol. The van der Waals surface area contributed by atoms with Crippen LogP contribution in [0.2, 0.25) is 0 Å². The van der Waals surface area contributed by atoms with Crippen LogP contribution in [-0.4, -0.2) is 0 Å². The lowest BCUT2D eigenvalue weighted by molar-refractivity contribution is 0.275. The molecule has 0 fully saturated rings. The second kappa shape index (κ2) is 4.58. The van der Waals surface area contributed by atoms with Crippen molar-refractivity contribution in [1.82, 2.24) is 0 Å². The molecule has 1 aliphatic rings. The highest BCUT2D eigenvalue weighted by Gasteiger charge is 2.27. The van der Waals surface area contributed by atoms with Crippen LogP contribution in [0, 0.1) is 23.2 Å². The van der Waals surface area contributed by atoms with Gasteiger partial charge in [0.05, 0.1) is 0 Å². The molecule has 0 aromatic heterocycles. The summed E-state index contributed by atoms with van der Waals surface area (Å²) in [6.07, 6.45) is 6.95. The quantitative estimate of drug-likeness (QED) is 0.448. The van der Waals surface area contributed by atoms with Gasteiger partial charge >= 0.3 is 0 Å². The third kappa shape index (κ3) is 2.55. The van der Waals surface area contributed by atoms with E-state index in [9.17, 15) is 0 Å². The first-order valence-corrected chi connectivity index (χ1v) is 5.92. The Hall–Kier alpha value is -1.48. The highest BCUT2D eigenvalue weighted by Crippen LogP contribution is 2.36. The third-order valence-corrected chi connectivity index (χ3v) is 3.27. The molecule has 0 heteroatoms. The molecule has 1 aromatic carbocycles. The Morgan fingerprint density at radius 3 is 2.62 bits per heavy atom. The molecule has 0 saturated carbocycles. The van der Waals surface area contributed by atoms with Crippen molar-refractivity contribution in [2.24, 2.45) is 11.3 Å². The highest BCUT2D eigenvalue weighted by atomic mass is 14.3. The van der Waals surface area contributed by atoms with Crippen molar-refractivity contribution >= 4 is 0 Å². The van der Waals surface area contributed by atoms with Crippen LogP contribution in [0.4, 0.5) is 0 Å². The molecule has 0 aliphatic heterocycles. The van der Waals surface area contributed by atoms with E-state index < -0.39 is 0 Å². The van der Waals surface area contributed by atoms with Crippen LogP contribution in [0.3, 0.4) is 0 Å². The second-order valence-corrected chi connectivity index (χ2v) is 5.07. The average Bonchev–Trinajstić information content (AvgIpc) is 2.28. The first kappa shape index (κ1) is 11.0. The van der Waals surface area contributed by atoms with E-state index in [4.69, 9.17) is 0 Å². The van der Waals surface area contributed by atoms with Gasteiger partial charge < -0.3 is 0 Å². The van der Waals surface area contributed by atoms with E-state index in [0.717, 1.165) is 5.56 Å². The van der Waals surface area contributed by atoms with Gasteiger partial charge in [0.15, 0.2) is 0 Å². The zero-order valence-corrected chi connectivity index (χ0v) is 10.0. The molecule has 82 valence electrons. The zero-order chi connectivity index (χ0) is 11.4. The van der Waals surface area contributed by atoms with Crippen LogP contribution in [0.25, 0.3) is 0 Å². The summed E-state index contributed by atoms with van der Waals surface area (Å²) in [7, 11) is 0. The van der Waals surface area contributed by atoms with Gasteiger partial charge in [0, 0.05) is 11.5 Å². The van der Waals surface area contributed by atoms with Gasteiger partial charge in [0.2, 0.25) is 0 Å². The molecule has 1 aromatic rings. The molecule has 0 N–H and O–H groups in total. The Labute approximate surface area is 98.4 Å². The summed E-state index contributed by atoms with van der Waals surface area (Å²) in [4.78, 5) is 0. The van der Waals surface area contributed by atoms with E-state index in [0.29, 0.717) is 11.3 Å². The molecule has 16 heavy (non-hydrogen) atoms. The zero-order valence-electron chi connectivity index (χ0n) is 10.0. The van der Waals surface area contributed by atoms with Crippen LogP contribution < -0.4 is 0 Å². The minimum Gasteiger partial charge on any atom is -0.0898 e. The monoisotopic (exact) mass is 210 g/mol. The maximum absolute atomic E-state index is 3.39. The van der Waals surface area contributed by atoms with E-state index in [1.54, 1.807) is 0 Å². The topological polar surface area (TPSA) is 0 Å². The lowest BCUT2D eigenvalue weighted by Gasteiger charge is -2.31. The van der Waals surface area contributed by atoms with E-state index in [2.05, 4.69) is 50.0 Å². The Morgan fingerprint density at radius 1 is 1.19 bits per heavy atom. The Kier molecular flexibility index (Phi) is 3.15. The first-order chi connectivity index (χ1) is 7.68. The minimum absolute atomic E-state index is 0.316. The predicted molar refractivity (Wildman–Crippen MR) is 69.0 cm³/mol. The van der Waals surface area contributed by atoms with Gasteiger partial charge in [0.1, 0.15) is 0 Å². The molecule has 0 radical (unpaired) electrons. The summed E-state index contributed by atoms with van der Waals surface area (Å²) in [5, 5.41) is 0. The molecule has 0 saturated heterocycles. The van der Waals surface area contributed by atoms with Gasteiger partial charge in [-0.3, -0.25) is 0 Å². The van der Waals surface area contributed by atoms with E-state index in [-0.39, 0.29) is 0 Å². The average molecular weight is 210 g/mol. The van der Waals surface area contributed by atoms with E-state index in [1.165, 1.54) is 12.8 Å². The molecule has 0 amide bonds. The standard InChI is InChI=1S/C16H18/c1-16(2)13-7-6-10-15(16)12-11-14-8-4-3-5-9-14/h3-6,8-10,15H,7,13H2,1-2H3. The van der Waals surface area contributed by atoms with Crippen molar-refractivity contribution in [3.63, 3.8) is 0 Å². The molecule has 0 nitrogen and oxygen atoms in total. The fourth-order valence-corrected chi connectivity index (χ4v) is 2.03. The summed E-state index contributed by atoms with van der Waals surface area (Å²) in [5.41, 5.74) is 1.42. The summed E-state index contributed by atoms with van der Waals surface area (Å²) in [5.74, 6) is 7.05. The number of rotatable bonds is 0. The molecular formula is C16H18. The molecule has 1 unspecified atom stereocenters. The van der Waals surface area contributed by atoms with Crippen molar-refractivity contribution in [2.75, 3.05) is 0 Å². The minimum atomic E-state index is 0.316. The molecule has 0 bridgehead atoms. The lowest BCUT2D eigenvalue weighted by Crippen LogP contribution is -2.23. The lowest BCUT2D eigenvalue weighted by atomic mass is 9.72. The molecule has 0 spiro atoms. The van der Waals surface area contributed by atoms with Crippen LogP contribution in [0.15, 0.2) is 42.5 Å². The van der Waals surface area contributed by atoms with Crippen LogP contribution in [0.5, 0.6) is 0 Å². The van der Waals surface area contributed by atoms with Crippen molar-refractivity contribution in [3.8, 4) is 11.8 Å². The Balaban J connectivity index is 2.18. The van der Waals surface area contributed by atoms with Gasteiger partial charge in [0.25, 0.3) is 0 Å². The molecule has 1 aliphatic carbocycles. The SMILES string of the molecule is CC1(C)CCC=CC1C#Cc1ccccc1. The molecule has 2 rings (SSSR count). The number of hydrogen-bond acceptors (Lipinski definition) is 0. The van der Waals surface area contributed by atoms with Crippen molar-refractivity contribution < 1.29 is 0 Å². The van der Waals surface area contributed by atoms with Gasteiger partial charge in [-0.1, -0.05) is 56.0 Å².